The zero-order valence-corrected chi connectivity index (χ0v) is 19.3. The van der Waals surface area contributed by atoms with E-state index in [-0.39, 0.29) is 24.0 Å². The molecular formula is C20H32IN3O2S. The van der Waals surface area contributed by atoms with Crippen molar-refractivity contribution in [1.82, 2.24) is 10.6 Å². The number of fused-ring (bicyclic) bond motifs is 2. The number of ether oxygens (including phenoxy) is 1. The maximum atomic E-state index is 6.11. The molecule has 3 fully saturated rings. The summed E-state index contributed by atoms with van der Waals surface area (Å²) in [5, 5.41) is 7.35. The first kappa shape index (κ1) is 21.3. The molecule has 7 heteroatoms. The van der Waals surface area contributed by atoms with Crippen molar-refractivity contribution in [3.8, 4) is 0 Å². The molecule has 1 saturated heterocycles. The molecule has 1 aliphatic heterocycles. The van der Waals surface area contributed by atoms with E-state index in [1.807, 2.05) is 23.9 Å². The van der Waals surface area contributed by atoms with Gasteiger partial charge in [0.15, 0.2) is 5.96 Å². The van der Waals surface area contributed by atoms with E-state index in [1.54, 1.807) is 6.26 Å². The van der Waals surface area contributed by atoms with E-state index in [1.165, 1.54) is 32.1 Å². The van der Waals surface area contributed by atoms with Gasteiger partial charge in [0.2, 0.25) is 0 Å². The molecule has 0 aromatic carbocycles. The second kappa shape index (κ2) is 9.87. The fourth-order valence-electron chi connectivity index (χ4n) is 5.21. The van der Waals surface area contributed by atoms with Crippen LogP contribution in [0.5, 0.6) is 0 Å². The molecular weight excluding hydrogens is 473 g/mol. The van der Waals surface area contributed by atoms with Crippen LogP contribution < -0.4 is 10.6 Å². The van der Waals surface area contributed by atoms with Gasteiger partial charge in [-0.15, -0.1) is 24.0 Å². The summed E-state index contributed by atoms with van der Waals surface area (Å²) in [5.74, 6) is 3.69. The molecule has 4 rings (SSSR count). The summed E-state index contributed by atoms with van der Waals surface area (Å²) in [4.78, 5) is 4.83. The second-order valence-electron chi connectivity index (χ2n) is 7.79. The number of hydrogen-bond donors (Lipinski definition) is 2. The molecule has 3 unspecified atom stereocenters. The van der Waals surface area contributed by atoms with Crippen molar-refractivity contribution in [3.63, 3.8) is 0 Å². The number of hydrogen-bond acceptors (Lipinski definition) is 4. The Kier molecular flexibility index (Phi) is 7.79. The lowest BCUT2D eigenvalue weighted by atomic mass is 9.54. The zero-order valence-electron chi connectivity index (χ0n) is 16.1. The van der Waals surface area contributed by atoms with E-state index >= 15 is 0 Å². The van der Waals surface area contributed by atoms with Gasteiger partial charge in [-0.1, -0.05) is 12.8 Å². The number of guanidine groups is 1. The topological polar surface area (TPSA) is 58.8 Å². The highest BCUT2D eigenvalue weighted by Gasteiger charge is 2.65. The van der Waals surface area contributed by atoms with Crippen LogP contribution in [0.1, 0.15) is 37.9 Å². The lowest BCUT2D eigenvalue weighted by molar-refractivity contribution is -0.125. The first-order chi connectivity index (χ1) is 12.8. The SMILES string of the molecule is CSCCN=C(NCCc1ccco1)NC1C2CCOC2C12CCCC2.I. The molecule has 0 radical (unpaired) electrons. The van der Waals surface area contributed by atoms with Crippen molar-refractivity contribution in [2.24, 2.45) is 16.3 Å². The fraction of sp³-hybridized carbons (Fsp3) is 0.750. The predicted molar refractivity (Wildman–Crippen MR) is 122 cm³/mol. The highest BCUT2D eigenvalue weighted by molar-refractivity contribution is 14.0. The predicted octanol–water partition coefficient (Wildman–Crippen LogP) is 3.69. The van der Waals surface area contributed by atoms with Crippen molar-refractivity contribution in [3.05, 3.63) is 24.2 Å². The average molecular weight is 505 g/mol. The van der Waals surface area contributed by atoms with E-state index in [9.17, 15) is 0 Å². The quantitative estimate of drug-likeness (QED) is 0.256. The first-order valence-corrected chi connectivity index (χ1v) is 11.4. The highest BCUT2D eigenvalue weighted by Crippen LogP contribution is 2.60. The van der Waals surface area contributed by atoms with Gasteiger partial charge in [-0.3, -0.25) is 4.99 Å². The minimum Gasteiger partial charge on any atom is -0.469 e. The van der Waals surface area contributed by atoms with Crippen molar-refractivity contribution in [2.75, 3.05) is 31.7 Å². The summed E-state index contributed by atoms with van der Waals surface area (Å²) in [6, 6.07) is 4.49. The molecule has 2 saturated carbocycles. The van der Waals surface area contributed by atoms with Gasteiger partial charge in [-0.25, -0.2) is 0 Å². The number of aliphatic imine (C=N–C) groups is 1. The van der Waals surface area contributed by atoms with Crippen LogP contribution in [-0.2, 0) is 11.2 Å². The third-order valence-electron chi connectivity index (χ3n) is 6.39. The molecule has 5 nitrogen and oxygen atoms in total. The van der Waals surface area contributed by atoms with Crippen LogP contribution in [0.25, 0.3) is 0 Å². The summed E-state index contributed by atoms with van der Waals surface area (Å²) in [5.41, 5.74) is 0.351. The van der Waals surface area contributed by atoms with Gasteiger partial charge in [0, 0.05) is 42.7 Å². The average Bonchev–Trinajstić information content (AvgIpc) is 3.39. The fourth-order valence-corrected chi connectivity index (χ4v) is 5.49. The van der Waals surface area contributed by atoms with Crippen LogP contribution in [-0.4, -0.2) is 49.8 Å². The molecule has 0 bridgehead atoms. The number of furan rings is 1. The summed E-state index contributed by atoms with van der Waals surface area (Å²) in [6.07, 6.45) is 11.7. The lowest BCUT2D eigenvalue weighted by Crippen LogP contribution is -2.69. The minimum absolute atomic E-state index is 0. The van der Waals surface area contributed by atoms with Gasteiger partial charge < -0.3 is 19.8 Å². The molecule has 3 atom stereocenters. The Labute approximate surface area is 183 Å². The van der Waals surface area contributed by atoms with E-state index in [4.69, 9.17) is 14.1 Å². The Bertz CT molecular complexity index is 604. The van der Waals surface area contributed by atoms with E-state index in [0.29, 0.717) is 23.5 Å². The van der Waals surface area contributed by atoms with E-state index < -0.39 is 0 Å². The van der Waals surface area contributed by atoms with Crippen molar-refractivity contribution in [1.29, 1.82) is 0 Å². The molecule has 0 amide bonds. The third-order valence-corrected chi connectivity index (χ3v) is 6.98. The summed E-state index contributed by atoms with van der Waals surface area (Å²) >= 11 is 1.84. The molecule has 152 valence electrons. The molecule has 1 aromatic rings. The maximum Gasteiger partial charge on any atom is 0.191 e. The molecule has 2 aliphatic carbocycles. The van der Waals surface area contributed by atoms with Gasteiger partial charge in [0.05, 0.1) is 18.9 Å². The van der Waals surface area contributed by atoms with Crippen molar-refractivity contribution < 1.29 is 9.15 Å². The molecule has 27 heavy (non-hydrogen) atoms. The van der Waals surface area contributed by atoms with E-state index in [0.717, 1.165) is 43.6 Å². The van der Waals surface area contributed by atoms with Gasteiger partial charge in [-0.2, -0.15) is 11.8 Å². The Balaban J connectivity index is 0.00000210. The molecule has 1 aromatic heterocycles. The lowest BCUT2D eigenvalue weighted by Gasteiger charge is -2.57. The van der Waals surface area contributed by atoms with Crippen molar-refractivity contribution >= 4 is 41.7 Å². The summed E-state index contributed by atoms with van der Waals surface area (Å²) in [6.45, 7) is 2.62. The monoisotopic (exact) mass is 505 g/mol. The number of halogens is 1. The number of nitrogens with one attached hydrogen (secondary N) is 2. The molecule has 3 aliphatic rings. The van der Waals surface area contributed by atoms with Crippen LogP contribution >= 0.6 is 35.7 Å². The van der Waals surface area contributed by atoms with Crippen LogP contribution in [0.3, 0.4) is 0 Å². The van der Waals surface area contributed by atoms with Gasteiger partial charge in [0.25, 0.3) is 0 Å². The van der Waals surface area contributed by atoms with Crippen LogP contribution in [0, 0.1) is 11.3 Å². The Morgan fingerprint density at radius 2 is 2.22 bits per heavy atom. The first-order valence-electron chi connectivity index (χ1n) is 10.0. The van der Waals surface area contributed by atoms with Crippen LogP contribution in [0.15, 0.2) is 27.8 Å². The summed E-state index contributed by atoms with van der Waals surface area (Å²) < 4.78 is 11.6. The maximum absolute atomic E-state index is 6.11. The third kappa shape index (κ3) is 4.45. The van der Waals surface area contributed by atoms with Crippen molar-refractivity contribution in [2.45, 2.75) is 50.7 Å². The molecule has 2 N–H and O–H groups in total. The largest absolute Gasteiger partial charge is 0.469 e. The highest BCUT2D eigenvalue weighted by atomic mass is 127. The number of rotatable bonds is 7. The normalized spacial score (nSPS) is 28.5. The number of nitrogens with zero attached hydrogens (tertiary/aromatic N) is 1. The van der Waals surface area contributed by atoms with Gasteiger partial charge in [0.1, 0.15) is 5.76 Å². The Morgan fingerprint density at radius 3 is 2.96 bits per heavy atom. The van der Waals surface area contributed by atoms with Crippen LogP contribution in [0.4, 0.5) is 0 Å². The Morgan fingerprint density at radius 1 is 1.37 bits per heavy atom. The molecule has 2 heterocycles. The number of thioether (sulfide) groups is 1. The van der Waals surface area contributed by atoms with Gasteiger partial charge >= 0.3 is 0 Å². The summed E-state index contributed by atoms with van der Waals surface area (Å²) in [7, 11) is 0. The Hall–Kier alpha value is -0.410. The van der Waals surface area contributed by atoms with Gasteiger partial charge in [-0.05, 0) is 37.7 Å². The second-order valence-corrected chi connectivity index (χ2v) is 8.77. The van der Waals surface area contributed by atoms with Crippen LogP contribution in [0.2, 0.25) is 0 Å². The molecule has 1 spiro atoms. The van der Waals surface area contributed by atoms with E-state index in [2.05, 4.69) is 16.9 Å². The zero-order chi connectivity index (χ0) is 17.8. The smallest absolute Gasteiger partial charge is 0.191 e. The minimum atomic E-state index is 0. The standard InChI is InChI=1S/C20H31N3O2S.HI/c1-26-14-11-22-19(21-10-6-15-5-4-12-24-15)23-17-16-7-13-25-18(16)20(17)8-2-3-9-20;/h4-5,12,16-18H,2-3,6-11,13-14H2,1H3,(H2,21,22,23);1H.